The Hall–Kier alpha value is -2.18. The van der Waals surface area contributed by atoms with Crippen molar-refractivity contribution in [2.24, 2.45) is 0 Å². The number of nitrogens with zero attached hydrogens (tertiary/aromatic N) is 5. The van der Waals surface area contributed by atoms with Crippen molar-refractivity contribution < 1.29 is 9.32 Å². The van der Waals surface area contributed by atoms with Gasteiger partial charge in [0.1, 0.15) is 0 Å². The van der Waals surface area contributed by atoms with Gasteiger partial charge in [0.05, 0.1) is 12.4 Å². The van der Waals surface area contributed by atoms with Crippen LogP contribution in [0.5, 0.6) is 0 Å². The average Bonchev–Trinajstić information content (AvgIpc) is 3.23. The monoisotopic (exact) mass is 289 g/mol. The zero-order chi connectivity index (χ0) is 14.7. The number of carbonyl (C=O) groups is 1. The molecule has 3 heterocycles. The minimum atomic E-state index is -0.0377. The highest BCUT2D eigenvalue weighted by molar-refractivity contribution is 5.76. The van der Waals surface area contributed by atoms with Crippen LogP contribution in [-0.2, 0) is 17.8 Å². The van der Waals surface area contributed by atoms with E-state index in [0.717, 1.165) is 19.4 Å². The summed E-state index contributed by atoms with van der Waals surface area (Å²) in [7, 11) is 0. The maximum Gasteiger partial charge on any atom is 0.226 e. The van der Waals surface area contributed by atoms with Crippen molar-refractivity contribution in [1.82, 2.24) is 24.6 Å². The number of hydrogen-bond donors (Lipinski definition) is 0. The predicted molar refractivity (Wildman–Crippen MR) is 74.2 cm³/mol. The lowest BCUT2D eigenvalue weighted by Gasteiger charge is -2.22. The number of likely N-dealkylation sites (tertiary alicyclic amines) is 1. The number of aryl methyl sites for hydroxylation is 2. The zero-order valence-corrected chi connectivity index (χ0v) is 12.1. The molecule has 0 radical (unpaired) electrons. The summed E-state index contributed by atoms with van der Waals surface area (Å²) in [6.45, 7) is 3.39. The van der Waals surface area contributed by atoms with Gasteiger partial charge < -0.3 is 14.0 Å². The lowest BCUT2D eigenvalue weighted by atomic mass is 10.2. The first-order valence-electron chi connectivity index (χ1n) is 7.35. The fourth-order valence-corrected chi connectivity index (χ4v) is 2.67. The van der Waals surface area contributed by atoms with Gasteiger partial charge in [-0.15, -0.1) is 0 Å². The Labute approximate surface area is 123 Å². The van der Waals surface area contributed by atoms with Crippen molar-refractivity contribution in [1.29, 1.82) is 0 Å². The largest absolute Gasteiger partial charge is 0.339 e. The molecule has 0 saturated carbocycles. The summed E-state index contributed by atoms with van der Waals surface area (Å²) in [5.74, 6) is 1.40. The third-order valence-corrected chi connectivity index (χ3v) is 3.80. The van der Waals surface area contributed by atoms with Gasteiger partial charge in [-0.25, -0.2) is 4.98 Å². The van der Waals surface area contributed by atoms with E-state index >= 15 is 0 Å². The molecule has 1 fully saturated rings. The van der Waals surface area contributed by atoms with Crippen LogP contribution >= 0.6 is 0 Å². The maximum absolute atomic E-state index is 12.4. The fourth-order valence-electron chi connectivity index (χ4n) is 2.67. The minimum absolute atomic E-state index is 0.0377. The Kier molecular flexibility index (Phi) is 3.98. The molecular formula is C14H19N5O2. The summed E-state index contributed by atoms with van der Waals surface area (Å²) < 4.78 is 7.07. The highest BCUT2D eigenvalue weighted by Gasteiger charge is 2.32. The number of carbonyl (C=O) groups excluding carboxylic acids is 1. The van der Waals surface area contributed by atoms with Gasteiger partial charge in [0.25, 0.3) is 0 Å². The number of rotatable bonds is 5. The van der Waals surface area contributed by atoms with Crippen molar-refractivity contribution in [3.8, 4) is 0 Å². The van der Waals surface area contributed by atoms with Crippen molar-refractivity contribution in [3.63, 3.8) is 0 Å². The van der Waals surface area contributed by atoms with Crippen LogP contribution < -0.4 is 0 Å². The first kappa shape index (κ1) is 13.8. The number of imidazole rings is 1. The van der Waals surface area contributed by atoms with Crippen LogP contribution in [0.1, 0.15) is 43.9 Å². The van der Waals surface area contributed by atoms with Crippen molar-refractivity contribution >= 4 is 5.91 Å². The highest BCUT2D eigenvalue weighted by Crippen LogP contribution is 2.30. The summed E-state index contributed by atoms with van der Waals surface area (Å²) in [4.78, 5) is 22.6. The van der Waals surface area contributed by atoms with Gasteiger partial charge in [0.15, 0.2) is 5.82 Å². The van der Waals surface area contributed by atoms with Gasteiger partial charge in [-0.1, -0.05) is 12.1 Å². The molecule has 1 amide bonds. The summed E-state index contributed by atoms with van der Waals surface area (Å²) >= 11 is 0. The molecule has 1 saturated heterocycles. The zero-order valence-electron chi connectivity index (χ0n) is 12.1. The standard InChI is InChI=1S/C14H19N5O2/c1-2-12-16-14(17-21-12)11-4-3-7-19(11)13(20)5-8-18-9-6-15-10-18/h6,9-11H,2-5,7-8H2,1H3/t11-/m0/s1. The molecule has 1 aliphatic rings. The second kappa shape index (κ2) is 6.07. The lowest BCUT2D eigenvalue weighted by Crippen LogP contribution is -2.31. The van der Waals surface area contributed by atoms with Crippen molar-refractivity contribution in [3.05, 3.63) is 30.4 Å². The average molecular weight is 289 g/mol. The van der Waals surface area contributed by atoms with Gasteiger partial charge in [-0.05, 0) is 12.8 Å². The van der Waals surface area contributed by atoms with Crippen LogP contribution in [0.3, 0.4) is 0 Å². The molecule has 3 rings (SSSR count). The van der Waals surface area contributed by atoms with Crippen molar-refractivity contribution in [2.45, 2.75) is 45.2 Å². The summed E-state index contributed by atoms with van der Waals surface area (Å²) in [6, 6.07) is -0.0377. The van der Waals surface area contributed by atoms with Gasteiger partial charge in [-0.3, -0.25) is 4.79 Å². The normalized spacial score (nSPS) is 18.3. The molecule has 0 N–H and O–H groups in total. The van der Waals surface area contributed by atoms with Gasteiger partial charge in [-0.2, -0.15) is 4.98 Å². The van der Waals surface area contributed by atoms with E-state index in [1.165, 1.54) is 0 Å². The van der Waals surface area contributed by atoms with Crippen LogP contribution in [0, 0.1) is 0 Å². The molecule has 0 aliphatic carbocycles. The fraction of sp³-hybridized carbons (Fsp3) is 0.571. The van der Waals surface area contributed by atoms with Gasteiger partial charge in [0.2, 0.25) is 11.8 Å². The second-order valence-corrected chi connectivity index (χ2v) is 5.20. The third-order valence-electron chi connectivity index (χ3n) is 3.80. The van der Waals surface area contributed by atoms with Crippen LogP contribution in [0.4, 0.5) is 0 Å². The first-order valence-corrected chi connectivity index (χ1v) is 7.35. The summed E-state index contributed by atoms with van der Waals surface area (Å²) in [6.07, 6.45) is 8.37. The molecule has 1 atom stereocenters. The summed E-state index contributed by atoms with van der Waals surface area (Å²) in [5.41, 5.74) is 0. The number of aromatic nitrogens is 4. The van der Waals surface area contributed by atoms with E-state index in [9.17, 15) is 4.79 Å². The van der Waals surface area contributed by atoms with Crippen LogP contribution in [0.25, 0.3) is 0 Å². The van der Waals surface area contributed by atoms with E-state index in [2.05, 4.69) is 15.1 Å². The SMILES string of the molecule is CCc1nc([C@@H]2CCCN2C(=O)CCn2ccnc2)no1. The first-order chi connectivity index (χ1) is 10.3. The highest BCUT2D eigenvalue weighted by atomic mass is 16.5. The second-order valence-electron chi connectivity index (χ2n) is 5.20. The molecular weight excluding hydrogens is 270 g/mol. The van der Waals surface area contributed by atoms with E-state index in [4.69, 9.17) is 4.52 Å². The minimum Gasteiger partial charge on any atom is -0.339 e. The van der Waals surface area contributed by atoms with E-state index < -0.39 is 0 Å². The van der Waals surface area contributed by atoms with Crippen LogP contribution in [-0.4, -0.2) is 37.0 Å². The maximum atomic E-state index is 12.4. The van der Waals surface area contributed by atoms with E-state index in [1.807, 2.05) is 22.6 Å². The third kappa shape index (κ3) is 2.96. The van der Waals surface area contributed by atoms with Crippen LogP contribution in [0.15, 0.2) is 23.2 Å². The molecule has 0 aromatic carbocycles. The molecule has 2 aromatic heterocycles. The number of hydrogen-bond acceptors (Lipinski definition) is 5. The Bertz CT molecular complexity index is 592. The van der Waals surface area contributed by atoms with E-state index in [0.29, 0.717) is 31.1 Å². The molecule has 7 nitrogen and oxygen atoms in total. The van der Waals surface area contributed by atoms with Gasteiger partial charge >= 0.3 is 0 Å². The summed E-state index contributed by atoms with van der Waals surface area (Å²) in [5, 5.41) is 4.02. The molecule has 0 spiro atoms. The quantitative estimate of drug-likeness (QED) is 0.835. The predicted octanol–water partition coefficient (Wildman–Crippen LogP) is 1.58. The molecule has 0 unspecified atom stereocenters. The smallest absolute Gasteiger partial charge is 0.226 e. The molecule has 2 aromatic rings. The number of amides is 1. The Morgan fingerprint density at radius 3 is 3.14 bits per heavy atom. The molecule has 7 heteroatoms. The molecule has 112 valence electrons. The topological polar surface area (TPSA) is 77.1 Å². The van der Waals surface area contributed by atoms with Crippen molar-refractivity contribution in [2.75, 3.05) is 6.54 Å². The Morgan fingerprint density at radius 1 is 1.52 bits per heavy atom. The van der Waals surface area contributed by atoms with E-state index in [1.54, 1.807) is 12.5 Å². The van der Waals surface area contributed by atoms with Crippen LogP contribution in [0.2, 0.25) is 0 Å². The molecule has 0 bridgehead atoms. The van der Waals surface area contributed by atoms with E-state index in [-0.39, 0.29) is 11.9 Å². The molecule has 21 heavy (non-hydrogen) atoms. The Morgan fingerprint density at radius 2 is 2.43 bits per heavy atom. The Balaban J connectivity index is 1.64. The van der Waals surface area contributed by atoms with Gasteiger partial charge in [0, 0.05) is 38.3 Å². The molecule has 1 aliphatic heterocycles. The lowest BCUT2D eigenvalue weighted by molar-refractivity contribution is -0.132.